The summed E-state index contributed by atoms with van der Waals surface area (Å²) < 4.78 is 5.91. The van der Waals surface area contributed by atoms with Crippen molar-refractivity contribution in [3.8, 4) is 0 Å². The number of aldehydes is 1. The Labute approximate surface area is 126 Å². The minimum absolute atomic E-state index is 0.222. The molecule has 1 aromatic rings. The molecule has 1 saturated heterocycles. The standard InChI is InChI=1S/C15H14ClNO2S/c1-9-12(7-11(8-18)20-9)15-14-10(5-6-19-15)3-2-4-13(16)17-14/h3-4,7-8,15H,2,5-6H2,1H3. The Hall–Kier alpha value is -1.23. The first-order valence-corrected chi connectivity index (χ1v) is 7.69. The third-order valence-electron chi connectivity index (χ3n) is 3.48. The molecule has 0 radical (unpaired) electrons. The van der Waals surface area contributed by atoms with Crippen molar-refractivity contribution >= 4 is 34.9 Å². The van der Waals surface area contributed by atoms with E-state index in [1.165, 1.54) is 16.9 Å². The normalized spacial score (nSPS) is 22.3. The first-order chi connectivity index (χ1) is 9.69. The Morgan fingerprint density at radius 2 is 2.35 bits per heavy atom. The molecule has 2 aliphatic heterocycles. The van der Waals surface area contributed by atoms with Crippen molar-refractivity contribution in [2.45, 2.75) is 25.9 Å². The molecular weight excluding hydrogens is 294 g/mol. The van der Waals surface area contributed by atoms with E-state index in [9.17, 15) is 4.79 Å². The topological polar surface area (TPSA) is 38.7 Å². The van der Waals surface area contributed by atoms with Crippen LogP contribution in [0.1, 0.15) is 39.1 Å². The van der Waals surface area contributed by atoms with Crippen molar-refractivity contribution in [3.63, 3.8) is 0 Å². The van der Waals surface area contributed by atoms with E-state index in [0.717, 1.165) is 35.3 Å². The monoisotopic (exact) mass is 307 g/mol. The minimum atomic E-state index is -0.222. The second kappa shape index (κ2) is 5.64. The smallest absolute Gasteiger partial charge is 0.160 e. The molecule has 1 atom stereocenters. The maximum absolute atomic E-state index is 10.9. The van der Waals surface area contributed by atoms with Gasteiger partial charge in [-0.3, -0.25) is 4.79 Å². The van der Waals surface area contributed by atoms with Crippen LogP contribution in [-0.4, -0.2) is 18.6 Å². The Morgan fingerprint density at radius 3 is 3.10 bits per heavy atom. The van der Waals surface area contributed by atoms with Gasteiger partial charge in [0.15, 0.2) is 6.29 Å². The van der Waals surface area contributed by atoms with Crippen LogP contribution in [0.3, 0.4) is 0 Å². The van der Waals surface area contributed by atoms with Gasteiger partial charge in [0.2, 0.25) is 0 Å². The molecule has 1 fully saturated rings. The van der Waals surface area contributed by atoms with Crippen LogP contribution >= 0.6 is 22.9 Å². The fourth-order valence-corrected chi connectivity index (χ4v) is 3.59. The lowest BCUT2D eigenvalue weighted by atomic mass is 9.94. The average Bonchev–Trinajstić information content (AvgIpc) is 2.70. The number of aryl methyl sites for hydroxylation is 1. The van der Waals surface area contributed by atoms with E-state index >= 15 is 0 Å². The Bertz CT molecular complexity index is 642. The van der Waals surface area contributed by atoms with Crippen molar-refractivity contribution in [2.75, 3.05) is 6.61 Å². The summed E-state index contributed by atoms with van der Waals surface area (Å²) in [5, 5.41) is 0.505. The lowest BCUT2D eigenvalue weighted by Crippen LogP contribution is -2.25. The molecule has 104 valence electrons. The number of rotatable bonds is 2. The third kappa shape index (κ3) is 2.51. The van der Waals surface area contributed by atoms with Gasteiger partial charge in [-0.2, -0.15) is 0 Å². The second-order valence-corrected chi connectivity index (χ2v) is 6.44. The summed E-state index contributed by atoms with van der Waals surface area (Å²) in [4.78, 5) is 17.2. The highest BCUT2D eigenvalue weighted by molar-refractivity contribution is 7.13. The summed E-state index contributed by atoms with van der Waals surface area (Å²) in [6.07, 6.45) is 6.37. The summed E-state index contributed by atoms with van der Waals surface area (Å²) >= 11 is 7.58. The maximum Gasteiger partial charge on any atom is 0.160 e. The third-order valence-corrected chi connectivity index (χ3v) is 4.72. The Kier molecular flexibility index (Phi) is 3.87. The van der Waals surface area contributed by atoms with Gasteiger partial charge in [-0.1, -0.05) is 17.7 Å². The number of hydrogen-bond acceptors (Lipinski definition) is 4. The summed E-state index contributed by atoms with van der Waals surface area (Å²) in [6, 6.07) is 1.89. The zero-order chi connectivity index (χ0) is 14.1. The van der Waals surface area contributed by atoms with Gasteiger partial charge in [-0.05, 0) is 37.5 Å². The summed E-state index contributed by atoms with van der Waals surface area (Å²) in [5.74, 6) is 0. The molecule has 1 unspecified atom stereocenters. The molecule has 0 aliphatic carbocycles. The predicted octanol–water partition coefficient (Wildman–Crippen LogP) is 4.18. The van der Waals surface area contributed by atoms with E-state index < -0.39 is 0 Å². The molecule has 3 nitrogen and oxygen atoms in total. The molecule has 0 aromatic carbocycles. The SMILES string of the molecule is Cc1sc(C=O)cc1C1OCCC2=CCC=C(Cl)N=C21. The van der Waals surface area contributed by atoms with Gasteiger partial charge in [0.1, 0.15) is 11.3 Å². The molecule has 3 heterocycles. The number of nitrogens with zero attached hydrogens (tertiary/aromatic N) is 1. The lowest BCUT2D eigenvalue weighted by molar-refractivity contribution is 0.0913. The molecule has 0 spiro atoms. The number of fused-ring (bicyclic) bond motifs is 1. The second-order valence-electron chi connectivity index (χ2n) is 4.77. The van der Waals surface area contributed by atoms with E-state index in [1.807, 2.05) is 19.1 Å². The number of carbonyl (C=O) groups is 1. The highest BCUT2D eigenvalue weighted by Crippen LogP contribution is 2.36. The molecule has 20 heavy (non-hydrogen) atoms. The Morgan fingerprint density at radius 1 is 1.50 bits per heavy atom. The van der Waals surface area contributed by atoms with Gasteiger partial charge in [-0.15, -0.1) is 11.3 Å². The molecule has 5 heteroatoms. The van der Waals surface area contributed by atoms with Crippen LogP contribution in [0.5, 0.6) is 0 Å². The summed E-state index contributed by atoms with van der Waals surface area (Å²) in [7, 11) is 0. The van der Waals surface area contributed by atoms with Crippen molar-refractivity contribution in [1.29, 1.82) is 0 Å². The van der Waals surface area contributed by atoms with Crippen molar-refractivity contribution in [3.05, 3.63) is 44.3 Å². The fraction of sp³-hybridized carbons (Fsp3) is 0.333. The van der Waals surface area contributed by atoms with Gasteiger partial charge in [0.25, 0.3) is 0 Å². The molecule has 1 aromatic heterocycles. The van der Waals surface area contributed by atoms with Crippen LogP contribution in [-0.2, 0) is 4.74 Å². The van der Waals surface area contributed by atoms with Crippen LogP contribution in [0, 0.1) is 6.92 Å². The van der Waals surface area contributed by atoms with Crippen molar-refractivity contribution in [1.82, 2.24) is 0 Å². The van der Waals surface area contributed by atoms with Gasteiger partial charge < -0.3 is 4.74 Å². The first-order valence-electron chi connectivity index (χ1n) is 6.50. The maximum atomic E-state index is 10.9. The first kappa shape index (κ1) is 13.7. The number of ether oxygens (including phenoxy) is 1. The molecule has 0 bridgehead atoms. The van der Waals surface area contributed by atoms with Crippen LogP contribution in [0.15, 0.2) is 33.9 Å². The van der Waals surface area contributed by atoms with Crippen LogP contribution in [0.25, 0.3) is 0 Å². The Balaban J connectivity index is 2.05. The zero-order valence-corrected chi connectivity index (χ0v) is 12.6. The molecule has 0 N–H and O–H groups in total. The van der Waals surface area contributed by atoms with E-state index in [0.29, 0.717) is 16.6 Å². The van der Waals surface area contributed by atoms with Crippen molar-refractivity contribution in [2.24, 2.45) is 4.99 Å². The zero-order valence-electron chi connectivity index (χ0n) is 11.1. The number of aliphatic imine (C=N–C) groups is 1. The molecule has 0 saturated carbocycles. The fourth-order valence-electron chi connectivity index (χ4n) is 2.53. The summed E-state index contributed by atoms with van der Waals surface area (Å²) in [6.45, 7) is 2.67. The van der Waals surface area contributed by atoms with Gasteiger partial charge in [0.05, 0.1) is 17.2 Å². The molecular formula is C15H14ClNO2S. The van der Waals surface area contributed by atoms with E-state index in [-0.39, 0.29) is 6.10 Å². The van der Waals surface area contributed by atoms with Crippen LogP contribution < -0.4 is 0 Å². The number of hydrogen-bond donors (Lipinski definition) is 0. The number of allylic oxidation sites excluding steroid dienone is 2. The van der Waals surface area contributed by atoms with E-state index in [4.69, 9.17) is 16.3 Å². The highest BCUT2D eigenvalue weighted by atomic mass is 35.5. The molecule has 0 amide bonds. The van der Waals surface area contributed by atoms with Crippen molar-refractivity contribution < 1.29 is 9.53 Å². The number of halogens is 1. The number of thiophene rings is 1. The summed E-state index contributed by atoms with van der Waals surface area (Å²) in [5.41, 5.74) is 3.10. The van der Waals surface area contributed by atoms with E-state index in [2.05, 4.69) is 11.1 Å². The van der Waals surface area contributed by atoms with Gasteiger partial charge in [-0.25, -0.2) is 4.99 Å². The average molecular weight is 308 g/mol. The highest BCUT2D eigenvalue weighted by Gasteiger charge is 2.29. The van der Waals surface area contributed by atoms with Crippen LogP contribution in [0.2, 0.25) is 0 Å². The van der Waals surface area contributed by atoms with Gasteiger partial charge >= 0.3 is 0 Å². The molecule has 2 aliphatic rings. The van der Waals surface area contributed by atoms with Crippen LogP contribution in [0.4, 0.5) is 0 Å². The lowest BCUT2D eigenvalue weighted by Gasteiger charge is -2.27. The number of carbonyl (C=O) groups excluding carboxylic acids is 1. The largest absolute Gasteiger partial charge is 0.367 e. The van der Waals surface area contributed by atoms with E-state index in [1.54, 1.807) is 0 Å². The molecule has 3 rings (SSSR count). The van der Waals surface area contributed by atoms with Gasteiger partial charge in [0, 0.05) is 10.4 Å². The predicted molar refractivity (Wildman–Crippen MR) is 81.8 cm³/mol. The quantitative estimate of drug-likeness (QED) is 0.607. The minimum Gasteiger partial charge on any atom is -0.367 e.